The summed E-state index contributed by atoms with van der Waals surface area (Å²) in [4.78, 5) is 2.45. The maximum atomic E-state index is 5.45. The van der Waals surface area contributed by atoms with Crippen molar-refractivity contribution in [1.29, 1.82) is 0 Å². The molecule has 18 heavy (non-hydrogen) atoms. The van der Waals surface area contributed by atoms with E-state index in [9.17, 15) is 0 Å². The number of piperidine rings is 1. The molecule has 98 valence electrons. The number of fused-ring (bicyclic) bond motifs is 1. The second-order valence-electron chi connectivity index (χ2n) is 5.09. The first-order valence-corrected chi connectivity index (χ1v) is 6.61. The molecule has 0 spiro atoms. The fourth-order valence-corrected chi connectivity index (χ4v) is 2.88. The van der Waals surface area contributed by atoms with Gasteiger partial charge in [0.2, 0.25) is 6.79 Å². The molecule has 3 rings (SSSR count). The van der Waals surface area contributed by atoms with Crippen LogP contribution in [0.15, 0.2) is 18.2 Å². The number of nitrogens with zero attached hydrogens (tertiary/aromatic N) is 1. The van der Waals surface area contributed by atoms with Crippen LogP contribution in [0.5, 0.6) is 11.5 Å². The monoisotopic (exact) mass is 248 g/mol. The molecule has 0 saturated carbocycles. The quantitative estimate of drug-likeness (QED) is 0.868. The Morgan fingerprint density at radius 3 is 2.89 bits per heavy atom. The molecule has 0 aliphatic carbocycles. The van der Waals surface area contributed by atoms with Crippen LogP contribution in [0.4, 0.5) is 5.69 Å². The zero-order chi connectivity index (χ0) is 12.5. The van der Waals surface area contributed by atoms with Gasteiger partial charge in [-0.2, -0.15) is 0 Å². The van der Waals surface area contributed by atoms with Crippen molar-refractivity contribution in [3.8, 4) is 11.5 Å². The predicted octanol–water partition coefficient (Wildman–Crippen LogP) is 1.99. The number of ether oxygens (including phenoxy) is 2. The lowest BCUT2D eigenvalue weighted by molar-refractivity contribution is 0.174. The summed E-state index contributed by atoms with van der Waals surface area (Å²) < 4.78 is 10.8. The molecule has 0 radical (unpaired) electrons. The number of hydrogen-bond acceptors (Lipinski definition) is 4. The molecule has 4 heteroatoms. The third-order valence-corrected chi connectivity index (χ3v) is 3.97. The lowest BCUT2D eigenvalue weighted by Gasteiger charge is -2.39. The van der Waals surface area contributed by atoms with E-state index in [-0.39, 0.29) is 0 Å². The van der Waals surface area contributed by atoms with Crippen LogP contribution in [-0.2, 0) is 0 Å². The Hall–Kier alpha value is -1.42. The van der Waals surface area contributed by atoms with E-state index in [0.29, 0.717) is 18.9 Å². The second-order valence-corrected chi connectivity index (χ2v) is 5.09. The van der Waals surface area contributed by atoms with E-state index in [1.807, 2.05) is 13.1 Å². The Bertz CT molecular complexity index is 436. The molecule has 4 nitrogen and oxygen atoms in total. The molecule has 0 bridgehead atoms. The second kappa shape index (κ2) is 4.69. The fourth-order valence-electron chi connectivity index (χ4n) is 2.88. The van der Waals surface area contributed by atoms with E-state index in [0.717, 1.165) is 18.0 Å². The van der Waals surface area contributed by atoms with Gasteiger partial charge in [-0.15, -0.1) is 0 Å². The van der Waals surface area contributed by atoms with Crippen LogP contribution in [0.3, 0.4) is 0 Å². The molecule has 1 fully saturated rings. The minimum atomic E-state index is 0.343. The molecule has 2 unspecified atom stereocenters. The van der Waals surface area contributed by atoms with Gasteiger partial charge in [-0.1, -0.05) is 0 Å². The van der Waals surface area contributed by atoms with E-state index in [4.69, 9.17) is 9.47 Å². The standard InChI is InChI=1S/C14H20N2O2/c1-10-7-11(15-2)5-6-16(10)12-3-4-13-14(8-12)18-9-17-13/h3-4,8,10-11,15H,5-7,9H2,1-2H3. The van der Waals surface area contributed by atoms with E-state index in [2.05, 4.69) is 29.3 Å². The summed E-state index contributed by atoms with van der Waals surface area (Å²) in [5.74, 6) is 1.73. The molecule has 2 aliphatic heterocycles. The lowest BCUT2D eigenvalue weighted by atomic mass is 9.97. The van der Waals surface area contributed by atoms with Gasteiger partial charge >= 0.3 is 0 Å². The van der Waals surface area contributed by atoms with Crippen molar-refractivity contribution < 1.29 is 9.47 Å². The van der Waals surface area contributed by atoms with E-state index in [1.54, 1.807) is 0 Å². The molecule has 2 aliphatic rings. The Kier molecular flexibility index (Phi) is 3.04. The summed E-state index contributed by atoms with van der Waals surface area (Å²) in [5, 5.41) is 3.38. The maximum Gasteiger partial charge on any atom is 0.231 e. The van der Waals surface area contributed by atoms with Gasteiger partial charge in [-0.05, 0) is 38.9 Å². The SMILES string of the molecule is CNC1CCN(c2ccc3c(c2)OCO3)C(C)C1. The highest BCUT2D eigenvalue weighted by atomic mass is 16.7. The highest BCUT2D eigenvalue weighted by molar-refractivity contribution is 5.57. The first-order chi connectivity index (χ1) is 8.78. The highest BCUT2D eigenvalue weighted by Gasteiger charge is 2.25. The third kappa shape index (κ3) is 2.01. The first kappa shape index (κ1) is 11.7. The number of anilines is 1. The van der Waals surface area contributed by atoms with Gasteiger partial charge in [0, 0.05) is 30.4 Å². The van der Waals surface area contributed by atoms with Gasteiger partial charge in [0.25, 0.3) is 0 Å². The minimum Gasteiger partial charge on any atom is -0.454 e. The summed E-state index contributed by atoms with van der Waals surface area (Å²) >= 11 is 0. The first-order valence-electron chi connectivity index (χ1n) is 6.61. The molecule has 2 heterocycles. The molecule has 2 atom stereocenters. The number of benzene rings is 1. The number of rotatable bonds is 2. The Labute approximate surface area is 108 Å². The molecular formula is C14H20N2O2. The van der Waals surface area contributed by atoms with Crippen molar-refractivity contribution in [2.75, 3.05) is 25.3 Å². The zero-order valence-corrected chi connectivity index (χ0v) is 11.0. The van der Waals surface area contributed by atoms with Crippen molar-refractivity contribution in [2.24, 2.45) is 0 Å². The summed E-state index contributed by atoms with van der Waals surface area (Å²) in [5.41, 5.74) is 1.24. The zero-order valence-electron chi connectivity index (χ0n) is 11.0. The van der Waals surface area contributed by atoms with Crippen LogP contribution in [-0.4, -0.2) is 32.5 Å². The van der Waals surface area contributed by atoms with Gasteiger partial charge in [0.15, 0.2) is 11.5 Å². The van der Waals surface area contributed by atoms with Crippen LogP contribution in [0.2, 0.25) is 0 Å². The van der Waals surface area contributed by atoms with E-state index < -0.39 is 0 Å². The van der Waals surface area contributed by atoms with Gasteiger partial charge < -0.3 is 19.7 Å². The van der Waals surface area contributed by atoms with Crippen LogP contribution >= 0.6 is 0 Å². The van der Waals surface area contributed by atoms with Crippen LogP contribution in [0, 0.1) is 0 Å². The van der Waals surface area contributed by atoms with Crippen LogP contribution in [0.25, 0.3) is 0 Å². The van der Waals surface area contributed by atoms with Crippen molar-refractivity contribution in [3.05, 3.63) is 18.2 Å². The van der Waals surface area contributed by atoms with Crippen LogP contribution in [0.1, 0.15) is 19.8 Å². The van der Waals surface area contributed by atoms with Crippen molar-refractivity contribution in [1.82, 2.24) is 5.32 Å². The Balaban J connectivity index is 1.78. The lowest BCUT2D eigenvalue weighted by Crippen LogP contribution is -2.46. The molecule has 1 N–H and O–H groups in total. The normalized spacial score (nSPS) is 26.4. The topological polar surface area (TPSA) is 33.7 Å². The molecule has 1 saturated heterocycles. The maximum absolute atomic E-state index is 5.45. The summed E-state index contributed by atoms with van der Waals surface area (Å²) in [6.07, 6.45) is 2.38. The van der Waals surface area contributed by atoms with E-state index >= 15 is 0 Å². The average molecular weight is 248 g/mol. The summed E-state index contributed by atoms with van der Waals surface area (Å²) in [6.45, 7) is 3.72. The summed E-state index contributed by atoms with van der Waals surface area (Å²) in [6, 6.07) is 7.43. The fraction of sp³-hybridized carbons (Fsp3) is 0.571. The minimum absolute atomic E-state index is 0.343. The van der Waals surface area contributed by atoms with Gasteiger partial charge in [-0.3, -0.25) is 0 Å². The van der Waals surface area contributed by atoms with Crippen molar-refractivity contribution >= 4 is 5.69 Å². The van der Waals surface area contributed by atoms with Crippen molar-refractivity contribution in [2.45, 2.75) is 31.8 Å². The van der Waals surface area contributed by atoms with Gasteiger partial charge in [-0.25, -0.2) is 0 Å². The Morgan fingerprint density at radius 2 is 2.11 bits per heavy atom. The predicted molar refractivity (Wildman–Crippen MR) is 71.5 cm³/mol. The van der Waals surface area contributed by atoms with Gasteiger partial charge in [0.1, 0.15) is 0 Å². The molecular weight excluding hydrogens is 228 g/mol. The van der Waals surface area contributed by atoms with E-state index in [1.165, 1.54) is 18.5 Å². The summed E-state index contributed by atoms with van der Waals surface area (Å²) in [7, 11) is 2.05. The smallest absolute Gasteiger partial charge is 0.231 e. The third-order valence-electron chi connectivity index (χ3n) is 3.97. The highest BCUT2D eigenvalue weighted by Crippen LogP contribution is 2.37. The average Bonchev–Trinajstić information content (AvgIpc) is 2.85. The largest absolute Gasteiger partial charge is 0.454 e. The number of hydrogen-bond donors (Lipinski definition) is 1. The molecule has 1 aromatic carbocycles. The molecule has 0 amide bonds. The van der Waals surface area contributed by atoms with Crippen molar-refractivity contribution in [3.63, 3.8) is 0 Å². The Morgan fingerprint density at radius 1 is 1.28 bits per heavy atom. The molecule has 0 aromatic heterocycles. The van der Waals surface area contributed by atoms with Gasteiger partial charge in [0.05, 0.1) is 0 Å². The number of nitrogens with one attached hydrogen (secondary N) is 1. The van der Waals surface area contributed by atoms with Crippen LogP contribution < -0.4 is 19.7 Å². The molecule has 1 aromatic rings.